The first-order chi connectivity index (χ1) is 8.20. The standard InChI is InChI=1S/C11H9BrN2O3/c1-16-7-2-3-8(12)9(6-7)14-11(15)10-4-5-13-17-10/h2-6H,1H3,(H,14,15). The molecule has 88 valence electrons. The van der Waals surface area contributed by atoms with Gasteiger partial charge in [-0.15, -0.1) is 0 Å². The van der Waals surface area contributed by atoms with Crippen molar-refractivity contribution in [3.05, 3.63) is 40.7 Å². The van der Waals surface area contributed by atoms with Crippen LogP contribution in [0.1, 0.15) is 10.6 Å². The molecular formula is C11H9BrN2O3. The van der Waals surface area contributed by atoms with Crippen LogP contribution in [0.4, 0.5) is 5.69 Å². The normalized spacial score (nSPS) is 10.0. The molecule has 17 heavy (non-hydrogen) atoms. The molecule has 1 amide bonds. The summed E-state index contributed by atoms with van der Waals surface area (Å²) in [5, 5.41) is 6.16. The molecule has 0 fully saturated rings. The summed E-state index contributed by atoms with van der Waals surface area (Å²) < 4.78 is 10.6. The Kier molecular flexibility index (Phi) is 3.43. The topological polar surface area (TPSA) is 64.4 Å². The molecule has 0 aliphatic carbocycles. The molecule has 6 heteroatoms. The number of nitrogens with zero attached hydrogens (tertiary/aromatic N) is 1. The van der Waals surface area contributed by atoms with Crippen LogP contribution in [-0.2, 0) is 0 Å². The number of nitrogens with one attached hydrogen (secondary N) is 1. The van der Waals surface area contributed by atoms with E-state index in [2.05, 4.69) is 26.4 Å². The Hall–Kier alpha value is -1.82. The Bertz CT molecular complexity index is 526. The lowest BCUT2D eigenvalue weighted by molar-refractivity contribution is 0.0988. The summed E-state index contributed by atoms with van der Waals surface area (Å²) in [5.74, 6) is 0.442. The van der Waals surface area contributed by atoms with Crippen molar-refractivity contribution in [1.29, 1.82) is 0 Å². The Labute approximate surface area is 106 Å². The maximum absolute atomic E-state index is 11.7. The van der Waals surface area contributed by atoms with Crippen molar-refractivity contribution in [2.45, 2.75) is 0 Å². The molecule has 1 aromatic carbocycles. The zero-order valence-corrected chi connectivity index (χ0v) is 10.5. The lowest BCUT2D eigenvalue weighted by atomic mass is 10.3. The zero-order chi connectivity index (χ0) is 12.3. The third-order valence-corrected chi connectivity index (χ3v) is 2.77. The summed E-state index contributed by atoms with van der Waals surface area (Å²) in [7, 11) is 1.56. The molecule has 1 aromatic heterocycles. The van der Waals surface area contributed by atoms with Gasteiger partial charge in [0, 0.05) is 16.6 Å². The van der Waals surface area contributed by atoms with E-state index in [0.29, 0.717) is 11.4 Å². The molecule has 0 aliphatic heterocycles. The Morgan fingerprint density at radius 2 is 2.29 bits per heavy atom. The average molecular weight is 297 g/mol. The molecule has 0 unspecified atom stereocenters. The lowest BCUT2D eigenvalue weighted by Gasteiger charge is -2.07. The second kappa shape index (κ2) is 5.01. The van der Waals surface area contributed by atoms with E-state index in [9.17, 15) is 4.79 Å². The minimum absolute atomic E-state index is 0.153. The van der Waals surface area contributed by atoms with Crippen LogP contribution in [-0.4, -0.2) is 18.2 Å². The highest BCUT2D eigenvalue weighted by Crippen LogP contribution is 2.27. The molecule has 0 radical (unpaired) electrons. The number of benzene rings is 1. The number of hydrogen-bond acceptors (Lipinski definition) is 4. The number of carbonyl (C=O) groups is 1. The predicted octanol–water partition coefficient (Wildman–Crippen LogP) is 2.70. The molecule has 0 atom stereocenters. The van der Waals surface area contributed by atoms with E-state index in [1.807, 2.05) is 0 Å². The molecule has 0 aliphatic rings. The summed E-state index contributed by atoms with van der Waals surface area (Å²) in [6, 6.07) is 6.77. The Morgan fingerprint density at radius 1 is 1.47 bits per heavy atom. The van der Waals surface area contributed by atoms with E-state index in [4.69, 9.17) is 9.26 Å². The van der Waals surface area contributed by atoms with Crippen LogP contribution in [0.25, 0.3) is 0 Å². The second-order valence-electron chi connectivity index (χ2n) is 3.18. The second-order valence-corrected chi connectivity index (χ2v) is 4.03. The van der Waals surface area contributed by atoms with Crippen LogP contribution in [0.5, 0.6) is 5.75 Å². The monoisotopic (exact) mass is 296 g/mol. The van der Waals surface area contributed by atoms with Crippen LogP contribution < -0.4 is 10.1 Å². The molecule has 0 saturated carbocycles. The molecule has 0 bridgehead atoms. The highest BCUT2D eigenvalue weighted by Gasteiger charge is 2.12. The SMILES string of the molecule is COc1ccc(Br)c(NC(=O)c2ccno2)c1. The zero-order valence-electron chi connectivity index (χ0n) is 8.94. The van der Waals surface area contributed by atoms with Crippen molar-refractivity contribution in [1.82, 2.24) is 5.16 Å². The minimum atomic E-state index is -0.364. The molecule has 0 spiro atoms. The molecular weight excluding hydrogens is 288 g/mol. The average Bonchev–Trinajstić information content (AvgIpc) is 2.85. The summed E-state index contributed by atoms with van der Waals surface area (Å²) in [6.07, 6.45) is 1.41. The first kappa shape index (κ1) is 11.7. The van der Waals surface area contributed by atoms with Gasteiger partial charge in [-0.25, -0.2) is 0 Å². The molecule has 0 saturated heterocycles. The molecule has 2 rings (SSSR count). The van der Waals surface area contributed by atoms with Crippen molar-refractivity contribution in [2.24, 2.45) is 0 Å². The van der Waals surface area contributed by atoms with Crippen LogP contribution in [0.15, 0.2) is 39.5 Å². The maximum Gasteiger partial charge on any atom is 0.294 e. The number of halogens is 1. The summed E-state index contributed by atoms with van der Waals surface area (Å²) in [4.78, 5) is 11.7. The van der Waals surface area contributed by atoms with E-state index in [0.717, 1.165) is 4.47 Å². The fourth-order valence-electron chi connectivity index (χ4n) is 1.24. The van der Waals surface area contributed by atoms with Gasteiger partial charge in [-0.1, -0.05) is 5.16 Å². The van der Waals surface area contributed by atoms with Crippen LogP contribution in [0.2, 0.25) is 0 Å². The quantitative estimate of drug-likeness (QED) is 0.946. The fraction of sp³-hybridized carbons (Fsp3) is 0.0909. The number of rotatable bonds is 3. The van der Waals surface area contributed by atoms with Crippen molar-refractivity contribution in [2.75, 3.05) is 12.4 Å². The smallest absolute Gasteiger partial charge is 0.294 e. The largest absolute Gasteiger partial charge is 0.497 e. The first-order valence-corrected chi connectivity index (χ1v) is 5.55. The third kappa shape index (κ3) is 2.65. The summed E-state index contributed by atoms with van der Waals surface area (Å²) in [6.45, 7) is 0. The molecule has 2 aromatic rings. The number of anilines is 1. The van der Waals surface area contributed by atoms with Crippen molar-refractivity contribution < 1.29 is 14.1 Å². The van der Waals surface area contributed by atoms with E-state index in [-0.39, 0.29) is 11.7 Å². The van der Waals surface area contributed by atoms with E-state index >= 15 is 0 Å². The summed E-state index contributed by atoms with van der Waals surface area (Å²) in [5.41, 5.74) is 0.603. The van der Waals surface area contributed by atoms with Crippen molar-refractivity contribution in [3.63, 3.8) is 0 Å². The lowest BCUT2D eigenvalue weighted by Crippen LogP contribution is -2.11. The van der Waals surface area contributed by atoms with Crippen molar-refractivity contribution in [3.8, 4) is 5.75 Å². The fourth-order valence-corrected chi connectivity index (χ4v) is 1.59. The number of hydrogen-bond donors (Lipinski definition) is 1. The first-order valence-electron chi connectivity index (χ1n) is 4.76. The van der Waals surface area contributed by atoms with Gasteiger partial charge in [0.15, 0.2) is 0 Å². The number of methoxy groups -OCH3 is 1. The summed E-state index contributed by atoms with van der Waals surface area (Å²) >= 11 is 3.33. The van der Waals surface area contributed by atoms with E-state index < -0.39 is 0 Å². The molecule has 1 N–H and O–H groups in total. The number of aromatic nitrogens is 1. The van der Waals surface area contributed by atoms with Gasteiger partial charge in [-0.3, -0.25) is 4.79 Å². The van der Waals surface area contributed by atoms with Crippen molar-refractivity contribution >= 4 is 27.5 Å². The third-order valence-electron chi connectivity index (χ3n) is 2.08. The highest BCUT2D eigenvalue weighted by atomic mass is 79.9. The number of carbonyl (C=O) groups excluding carboxylic acids is 1. The Balaban J connectivity index is 2.21. The van der Waals surface area contributed by atoms with Gasteiger partial charge in [0.2, 0.25) is 5.76 Å². The number of amides is 1. The van der Waals surface area contributed by atoms with Gasteiger partial charge in [0.1, 0.15) is 5.75 Å². The van der Waals surface area contributed by atoms with Gasteiger partial charge < -0.3 is 14.6 Å². The van der Waals surface area contributed by atoms with Crippen LogP contribution in [0, 0.1) is 0 Å². The highest BCUT2D eigenvalue weighted by molar-refractivity contribution is 9.10. The number of ether oxygens (including phenoxy) is 1. The minimum Gasteiger partial charge on any atom is -0.497 e. The molecule has 1 heterocycles. The van der Waals surface area contributed by atoms with Gasteiger partial charge in [0.25, 0.3) is 5.91 Å². The maximum atomic E-state index is 11.7. The van der Waals surface area contributed by atoms with Gasteiger partial charge in [-0.05, 0) is 28.1 Å². The van der Waals surface area contributed by atoms with Gasteiger partial charge in [-0.2, -0.15) is 0 Å². The van der Waals surface area contributed by atoms with E-state index in [1.165, 1.54) is 12.3 Å². The van der Waals surface area contributed by atoms with E-state index in [1.54, 1.807) is 25.3 Å². The van der Waals surface area contributed by atoms with Crippen LogP contribution >= 0.6 is 15.9 Å². The van der Waals surface area contributed by atoms with Gasteiger partial charge >= 0.3 is 0 Å². The molecule has 5 nitrogen and oxygen atoms in total. The van der Waals surface area contributed by atoms with Gasteiger partial charge in [0.05, 0.1) is 19.0 Å². The van der Waals surface area contributed by atoms with Crippen LogP contribution in [0.3, 0.4) is 0 Å². The predicted molar refractivity (Wildman–Crippen MR) is 65.2 cm³/mol. The Morgan fingerprint density at radius 3 is 2.94 bits per heavy atom.